The molecule has 0 bridgehead atoms. The number of aromatic amines is 1. The number of H-pyrrole nitrogens is 1. The number of hydrogen-bond acceptors (Lipinski definition) is 6. The Labute approximate surface area is 127 Å². The molecule has 0 saturated heterocycles. The van der Waals surface area contributed by atoms with E-state index < -0.39 is 0 Å². The molecule has 6 nitrogen and oxygen atoms in total. The Bertz CT molecular complexity index is 576. The second-order valence-electron chi connectivity index (χ2n) is 4.70. The van der Waals surface area contributed by atoms with Gasteiger partial charge in [0.05, 0.1) is 13.2 Å². The van der Waals surface area contributed by atoms with Crippen molar-refractivity contribution in [1.29, 1.82) is 0 Å². The van der Waals surface area contributed by atoms with Gasteiger partial charge in [0, 0.05) is 18.2 Å². The van der Waals surface area contributed by atoms with Gasteiger partial charge < -0.3 is 14.8 Å². The average molecular weight is 306 g/mol. The van der Waals surface area contributed by atoms with E-state index in [2.05, 4.69) is 32.6 Å². The first-order chi connectivity index (χ1) is 10.4. The van der Waals surface area contributed by atoms with Gasteiger partial charge in [-0.1, -0.05) is 17.8 Å². The van der Waals surface area contributed by atoms with Crippen LogP contribution < -0.4 is 14.8 Å². The van der Waals surface area contributed by atoms with Crippen LogP contribution in [-0.4, -0.2) is 41.2 Å². The number of nitrogens with one attached hydrogen (secondary N) is 2. The van der Waals surface area contributed by atoms with Gasteiger partial charge >= 0.3 is 0 Å². The molecule has 21 heavy (non-hydrogen) atoms. The normalized spacial score (nSPS) is 15.5. The zero-order chi connectivity index (χ0) is 14.5. The van der Waals surface area contributed by atoms with Crippen molar-refractivity contribution in [2.24, 2.45) is 0 Å². The molecule has 0 saturated carbocycles. The van der Waals surface area contributed by atoms with Gasteiger partial charge in [0.2, 0.25) is 0 Å². The number of thioether (sulfide) groups is 1. The smallest absolute Gasteiger partial charge is 0.183 e. The summed E-state index contributed by atoms with van der Waals surface area (Å²) < 4.78 is 11.4. The van der Waals surface area contributed by atoms with E-state index in [9.17, 15) is 0 Å². The minimum Gasteiger partial charge on any atom is -0.490 e. The first kappa shape index (κ1) is 14.2. The molecule has 1 aliphatic rings. The first-order valence-electron chi connectivity index (χ1n) is 6.92. The Morgan fingerprint density at radius 2 is 2.19 bits per heavy atom. The van der Waals surface area contributed by atoms with Crippen molar-refractivity contribution >= 4 is 11.8 Å². The molecule has 2 heterocycles. The number of aromatic nitrogens is 3. The van der Waals surface area contributed by atoms with E-state index >= 15 is 0 Å². The molecule has 0 radical (unpaired) electrons. The number of hydrogen-bond donors (Lipinski definition) is 2. The lowest BCUT2D eigenvalue weighted by Gasteiger charge is -2.17. The van der Waals surface area contributed by atoms with Gasteiger partial charge in [-0.2, -0.15) is 5.10 Å². The van der Waals surface area contributed by atoms with Gasteiger partial charge in [0.15, 0.2) is 16.7 Å². The number of nitrogens with zero attached hydrogens (tertiary/aromatic N) is 2. The Morgan fingerprint density at radius 3 is 2.95 bits per heavy atom. The van der Waals surface area contributed by atoms with Crippen LogP contribution in [0.4, 0.5) is 0 Å². The van der Waals surface area contributed by atoms with Crippen molar-refractivity contribution < 1.29 is 9.47 Å². The Hall–Kier alpha value is -1.73. The molecule has 1 aliphatic heterocycles. The van der Waals surface area contributed by atoms with E-state index in [1.54, 1.807) is 11.8 Å². The molecule has 0 fully saturated rings. The molecule has 112 valence electrons. The maximum atomic E-state index is 5.75. The molecule has 1 unspecified atom stereocenters. The summed E-state index contributed by atoms with van der Waals surface area (Å²) >= 11 is 1.63. The standard InChI is InChI=1S/C14H18N4O2S/c1-15-11(8-21-14-16-9-17-18-14)10-3-4-12-13(7-10)20-6-2-5-19-12/h3-4,7,9,11,15H,2,5-6,8H2,1H3,(H,16,17,18). The second-order valence-corrected chi connectivity index (χ2v) is 5.71. The van der Waals surface area contributed by atoms with Crippen LogP contribution in [-0.2, 0) is 0 Å². The summed E-state index contributed by atoms with van der Waals surface area (Å²) in [7, 11) is 1.95. The fraction of sp³-hybridized carbons (Fsp3) is 0.429. The van der Waals surface area contributed by atoms with Crippen molar-refractivity contribution in [2.75, 3.05) is 26.0 Å². The minimum atomic E-state index is 0.206. The van der Waals surface area contributed by atoms with Crippen LogP contribution in [0.25, 0.3) is 0 Å². The van der Waals surface area contributed by atoms with Gasteiger partial charge in [0.1, 0.15) is 6.33 Å². The van der Waals surface area contributed by atoms with Crippen LogP contribution in [0.3, 0.4) is 0 Å². The molecule has 1 atom stereocenters. The van der Waals surface area contributed by atoms with Crippen LogP contribution in [0.2, 0.25) is 0 Å². The van der Waals surface area contributed by atoms with E-state index in [1.165, 1.54) is 11.9 Å². The molecule has 2 aromatic rings. The third-order valence-corrected chi connectivity index (χ3v) is 4.27. The highest BCUT2D eigenvalue weighted by atomic mass is 32.2. The Morgan fingerprint density at radius 1 is 1.33 bits per heavy atom. The summed E-state index contributed by atoms with van der Waals surface area (Å²) in [5.74, 6) is 2.51. The lowest BCUT2D eigenvalue weighted by Crippen LogP contribution is -2.18. The zero-order valence-electron chi connectivity index (χ0n) is 11.8. The maximum absolute atomic E-state index is 5.75. The summed E-state index contributed by atoms with van der Waals surface area (Å²) in [6.45, 7) is 1.41. The van der Waals surface area contributed by atoms with Gasteiger partial charge in [-0.05, 0) is 24.7 Å². The number of rotatable bonds is 5. The molecule has 1 aromatic carbocycles. The average Bonchev–Trinajstić information content (AvgIpc) is 2.92. The Balaban J connectivity index is 1.72. The molecule has 0 aliphatic carbocycles. The van der Waals surface area contributed by atoms with E-state index in [-0.39, 0.29) is 6.04 Å². The van der Waals surface area contributed by atoms with Crippen LogP contribution >= 0.6 is 11.8 Å². The predicted molar refractivity (Wildman–Crippen MR) is 81.0 cm³/mol. The maximum Gasteiger partial charge on any atom is 0.183 e. The van der Waals surface area contributed by atoms with E-state index in [4.69, 9.17) is 9.47 Å². The Kier molecular flexibility index (Phi) is 4.62. The molecule has 2 N–H and O–H groups in total. The molecule has 7 heteroatoms. The molecule has 3 rings (SSSR count). The SMILES string of the molecule is CNC(CSc1ncn[nH]1)c1ccc2c(c1)OCCCO2. The van der Waals surface area contributed by atoms with Crippen molar-refractivity contribution in [3.05, 3.63) is 30.1 Å². The van der Waals surface area contributed by atoms with Crippen LogP contribution in [0.1, 0.15) is 18.0 Å². The van der Waals surface area contributed by atoms with Crippen molar-refractivity contribution in [1.82, 2.24) is 20.5 Å². The predicted octanol–water partition coefficient (Wildman–Crippen LogP) is 2.02. The van der Waals surface area contributed by atoms with Gasteiger partial charge in [-0.25, -0.2) is 4.98 Å². The monoisotopic (exact) mass is 306 g/mol. The summed E-state index contributed by atoms with van der Waals surface area (Å²) in [6, 6.07) is 6.33. The topological polar surface area (TPSA) is 72.1 Å². The summed E-state index contributed by atoms with van der Waals surface area (Å²) in [4.78, 5) is 4.12. The summed E-state index contributed by atoms with van der Waals surface area (Å²) in [6.07, 6.45) is 2.44. The first-order valence-corrected chi connectivity index (χ1v) is 7.90. The third-order valence-electron chi connectivity index (χ3n) is 3.30. The van der Waals surface area contributed by atoms with Crippen molar-refractivity contribution in [2.45, 2.75) is 17.6 Å². The highest BCUT2D eigenvalue weighted by Crippen LogP contribution is 2.33. The third kappa shape index (κ3) is 3.48. The van der Waals surface area contributed by atoms with Gasteiger partial charge in [-0.3, -0.25) is 5.10 Å². The fourth-order valence-electron chi connectivity index (χ4n) is 2.17. The van der Waals surface area contributed by atoms with E-state index in [0.717, 1.165) is 28.8 Å². The molecule has 0 spiro atoms. The summed E-state index contributed by atoms with van der Waals surface area (Å²) in [5.41, 5.74) is 1.17. The second kappa shape index (κ2) is 6.82. The molecular weight excluding hydrogens is 288 g/mol. The number of fused-ring (bicyclic) bond motifs is 1. The lowest BCUT2D eigenvalue weighted by atomic mass is 10.1. The highest BCUT2D eigenvalue weighted by molar-refractivity contribution is 7.99. The molecule has 0 amide bonds. The van der Waals surface area contributed by atoms with Gasteiger partial charge in [0.25, 0.3) is 0 Å². The van der Waals surface area contributed by atoms with E-state index in [1.807, 2.05) is 13.1 Å². The minimum absolute atomic E-state index is 0.206. The zero-order valence-corrected chi connectivity index (χ0v) is 12.7. The molecule has 1 aromatic heterocycles. The number of benzene rings is 1. The van der Waals surface area contributed by atoms with Gasteiger partial charge in [-0.15, -0.1) is 0 Å². The quantitative estimate of drug-likeness (QED) is 0.824. The van der Waals surface area contributed by atoms with Crippen LogP contribution in [0.15, 0.2) is 29.7 Å². The molecular formula is C14H18N4O2S. The fourth-order valence-corrected chi connectivity index (χ4v) is 3.09. The summed E-state index contributed by atoms with van der Waals surface area (Å²) in [5, 5.41) is 10.9. The lowest BCUT2D eigenvalue weighted by molar-refractivity contribution is 0.297. The van der Waals surface area contributed by atoms with Crippen molar-refractivity contribution in [3.63, 3.8) is 0 Å². The van der Waals surface area contributed by atoms with Crippen LogP contribution in [0, 0.1) is 0 Å². The largest absolute Gasteiger partial charge is 0.490 e. The van der Waals surface area contributed by atoms with Crippen molar-refractivity contribution in [3.8, 4) is 11.5 Å². The highest BCUT2D eigenvalue weighted by Gasteiger charge is 2.16. The number of ether oxygens (including phenoxy) is 2. The van der Waals surface area contributed by atoms with Crippen LogP contribution in [0.5, 0.6) is 11.5 Å². The van der Waals surface area contributed by atoms with E-state index in [0.29, 0.717) is 13.2 Å².